The van der Waals surface area contributed by atoms with Gasteiger partial charge in [0.25, 0.3) is 0 Å². The van der Waals surface area contributed by atoms with Gasteiger partial charge in [0.2, 0.25) is 0 Å². The van der Waals surface area contributed by atoms with Crippen molar-refractivity contribution in [2.45, 2.75) is 33.1 Å². The average Bonchev–Trinajstić information content (AvgIpc) is 2.46. The van der Waals surface area contributed by atoms with Crippen LogP contribution in [0.2, 0.25) is 0 Å². The van der Waals surface area contributed by atoms with Crippen LogP contribution < -0.4 is 4.90 Å². The minimum atomic E-state index is 0.699. The molecule has 0 N–H and O–H groups in total. The van der Waals surface area contributed by atoms with Gasteiger partial charge in [0.15, 0.2) is 0 Å². The maximum absolute atomic E-state index is 9.43. The largest absolute Gasteiger partial charge is 0.356 e. The fraction of sp³-hybridized carbons (Fsp3) is 0.412. The summed E-state index contributed by atoms with van der Waals surface area (Å²) in [5, 5.41) is 10.5. The van der Waals surface area contributed by atoms with Gasteiger partial charge in [-0.05, 0) is 50.8 Å². The molecular weight excluding hydrogens is 246 g/mol. The van der Waals surface area contributed by atoms with Crippen molar-refractivity contribution in [3.63, 3.8) is 0 Å². The molecule has 1 aliphatic rings. The molecule has 0 aliphatic carbocycles. The number of benzene rings is 1. The molecule has 0 bridgehead atoms. The molecule has 3 heteroatoms. The Hall–Kier alpha value is -2.08. The summed E-state index contributed by atoms with van der Waals surface area (Å²) >= 11 is 0. The Labute approximate surface area is 119 Å². The first-order chi connectivity index (χ1) is 9.69. The third kappa shape index (κ3) is 2.22. The predicted octanol–water partition coefficient (Wildman–Crippen LogP) is 3.71. The number of nitrogens with zero attached hydrogens (tertiary/aromatic N) is 3. The molecule has 2 aromatic rings. The van der Waals surface area contributed by atoms with E-state index in [2.05, 4.69) is 36.9 Å². The lowest BCUT2D eigenvalue weighted by Gasteiger charge is -2.28. The number of hydrogen-bond donors (Lipinski definition) is 0. The lowest BCUT2D eigenvalue weighted by atomic mass is 10.0. The molecule has 20 heavy (non-hydrogen) atoms. The fourth-order valence-corrected chi connectivity index (χ4v) is 3.07. The summed E-state index contributed by atoms with van der Waals surface area (Å²) in [5.41, 5.74) is 4.12. The molecule has 1 saturated heterocycles. The van der Waals surface area contributed by atoms with Gasteiger partial charge in [0.05, 0.1) is 11.1 Å². The quantitative estimate of drug-likeness (QED) is 0.789. The van der Waals surface area contributed by atoms with Crippen molar-refractivity contribution >= 4 is 16.7 Å². The Morgan fingerprint density at radius 3 is 2.55 bits per heavy atom. The van der Waals surface area contributed by atoms with Crippen molar-refractivity contribution in [1.82, 2.24) is 4.98 Å². The van der Waals surface area contributed by atoms with E-state index in [4.69, 9.17) is 4.98 Å². The minimum absolute atomic E-state index is 0.699. The van der Waals surface area contributed by atoms with Crippen molar-refractivity contribution in [1.29, 1.82) is 5.26 Å². The minimum Gasteiger partial charge on any atom is -0.356 e. The number of hydrogen-bond acceptors (Lipinski definition) is 3. The Bertz CT molecular complexity index is 691. The Balaban J connectivity index is 2.18. The van der Waals surface area contributed by atoms with Gasteiger partial charge in [-0.2, -0.15) is 5.26 Å². The van der Waals surface area contributed by atoms with Crippen LogP contribution in [0.25, 0.3) is 10.9 Å². The number of fused-ring (bicyclic) bond motifs is 1. The molecule has 0 unspecified atom stereocenters. The molecule has 0 amide bonds. The maximum Gasteiger partial charge on any atom is 0.147 e. The van der Waals surface area contributed by atoms with Crippen molar-refractivity contribution in [3.8, 4) is 6.07 Å². The molecule has 0 radical (unpaired) electrons. The zero-order valence-electron chi connectivity index (χ0n) is 12.1. The number of rotatable bonds is 1. The van der Waals surface area contributed by atoms with Crippen molar-refractivity contribution in [2.24, 2.45) is 0 Å². The second kappa shape index (κ2) is 5.13. The van der Waals surface area contributed by atoms with Gasteiger partial charge >= 0.3 is 0 Å². The molecule has 1 aliphatic heterocycles. The third-order valence-electron chi connectivity index (χ3n) is 4.01. The zero-order valence-corrected chi connectivity index (χ0v) is 12.1. The summed E-state index contributed by atoms with van der Waals surface area (Å²) in [6.45, 7) is 6.20. The second-order valence-electron chi connectivity index (χ2n) is 5.67. The molecule has 3 nitrogen and oxygen atoms in total. The molecule has 1 fully saturated rings. The first-order valence-corrected chi connectivity index (χ1v) is 7.26. The number of aromatic nitrogens is 1. The number of piperidine rings is 1. The molecule has 0 spiro atoms. The van der Waals surface area contributed by atoms with E-state index >= 15 is 0 Å². The fourth-order valence-electron chi connectivity index (χ4n) is 3.07. The van der Waals surface area contributed by atoms with Crippen LogP contribution in [0.1, 0.15) is 36.0 Å². The summed E-state index contributed by atoms with van der Waals surface area (Å²) in [4.78, 5) is 7.08. The monoisotopic (exact) mass is 265 g/mol. The normalized spacial score (nSPS) is 15.3. The predicted molar refractivity (Wildman–Crippen MR) is 82.0 cm³/mol. The van der Waals surface area contributed by atoms with Crippen LogP contribution in [0, 0.1) is 25.2 Å². The van der Waals surface area contributed by atoms with Crippen LogP contribution >= 0.6 is 0 Å². The van der Waals surface area contributed by atoms with E-state index in [1.54, 1.807) is 0 Å². The van der Waals surface area contributed by atoms with Crippen molar-refractivity contribution in [3.05, 3.63) is 34.9 Å². The Morgan fingerprint density at radius 1 is 1.10 bits per heavy atom. The summed E-state index contributed by atoms with van der Waals surface area (Å²) in [6.07, 6.45) is 3.67. The smallest absolute Gasteiger partial charge is 0.147 e. The third-order valence-corrected chi connectivity index (χ3v) is 4.01. The van der Waals surface area contributed by atoms with Gasteiger partial charge in [-0.1, -0.05) is 11.6 Å². The highest BCUT2D eigenvalue weighted by molar-refractivity contribution is 5.86. The van der Waals surface area contributed by atoms with E-state index in [1.807, 2.05) is 6.07 Å². The lowest BCUT2D eigenvalue weighted by molar-refractivity contribution is 0.573. The zero-order chi connectivity index (χ0) is 14.1. The van der Waals surface area contributed by atoms with Crippen LogP contribution in [-0.4, -0.2) is 18.1 Å². The molecule has 0 atom stereocenters. The molecule has 102 valence electrons. The number of aryl methyl sites for hydroxylation is 2. The Morgan fingerprint density at radius 2 is 1.85 bits per heavy atom. The van der Waals surface area contributed by atoms with Gasteiger partial charge in [0, 0.05) is 18.5 Å². The lowest BCUT2D eigenvalue weighted by Crippen LogP contribution is -2.30. The highest BCUT2D eigenvalue weighted by atomic mass is 15.2. The van der Waals surface area contributed by atoms with Crippen molar-refractivity contribution < 1.29 is 0 Å². The van der Waals surface area contributed by atoms with Gasteiger partial charge < -0.3 is 4.90 Å². The molecule has 0 saturated carbocycles. The van der Waals surface area contributed by atoms with Gasteiger partial charge in [-0.25, -0.2) is 4.98 Å². The SMILES string of the molecule is Cc1cc(C)c2nc(N3CCCCC3)c(C#N)cc2c1. The van der Waals surface area contributed by atoms with Crippen LogP contribution in [0.4, 0.5) is 5.82 Å². The van der Waals surface area contributed by atoms with Crippen LogP contribution in [0.3, 0.4) is 0 Å². The summed E-state index contributed by atoms with van der Waals surface area (Å²) in [6, 6.07) is 8.57. The van der Waals surface area contributed by atoms with Crippen LogP contribution in [0.5, 0.6) is 0 Å². The molecule has 2 heterocycles. The first kappa shape index (κ1) is 12.9. The highest BCUT2D eigenvalue weighted by Gasteiger charge is 2.17. The second-order valence-corrected chi connectivity index (χ2v) is 5.67. The van der Waals surface area contributed by atoms with Gasteiger partial charge in [0.1, 0.15) is 11.9 Å². The van der Waals surface area contributed by atoms with Gasteiger partial charge in [-0.3, -0.25) is 0 Å². The standard InChI is InChI=1S/C17H19N3/c1-12-8-13(2)16-14(9-12)10-15(11-18)17(19-16)20-6-4-3-5-7-20/h8-10H,3-7H2,1-2H3. The average molecular weight is 265 g/mol. The van der Waals surface area contributed by atoms with E-state index in [9.17, 15) is 5.26 Å². The van der Waals surface area contributed by atoms with Crippen LogP contribution in [0.15, 0.2) is 18.2 Å². The molecule has 1 aromatic carbocycles. The van der Waals surface area contributed by atoms with E-state index in [-0.39, 0.29) is 0 Å². The van der Waals surface area contributed by atoms with E-state index in [0.29, 0.717) is 5.56 Å². The van der Waals surface area contributed by atoms with Gasteiger partial charge in [-0.15, -0.1) is 0 Å². The van der Waals surface area contributed by atoms with E-state index in [1.165, 1.54) is 30.4 Å². The number of anilines is 1. The van der Waals surface area contributed by atoms with Crippen LogP contribution in [-0.2, 0) is 0 Å². The number of nitriles is 1. The topological polar surface area (TPSA) is 39.9 Å². The molecule has 3 rings (SSSR count). The summed E-state index contributed by atoms with van der Waals surface area (Å²) in [7, 11) is 0. The Kier molecular flexibility index (Phi) is 3.31. The van der Waals surface area contributed by atoms with Crippen molar-refractivity contribution in [2.75, 3.05) is 18.0 Å². The van der Waals surface area contributed by atoms with E-state index < -0.39 is 0 Å². The molecular formula is C17H19N3. The summed E-state index contributed by atoms with van der Waals surface area (Å²) in [5.74, 6) is 0.867. The maximum atomic E-state index is 9.43. The highest BCUT2D eigenvalue weighted by Crippen LogP contribution is 2.27. The van der Waals surface area contributed by atoms with E-state index in [0.717, 1.165) is 29.8 Å². The number of pyridine rings is 1. The first-order valence-electron chi connectivity index (χ1n) is 7.26. The molecule has 1 aromatic heterocycles. The summed E-state index contributed by atoms with van der Waals surface area (Å²) < 4.78 is 0.